The van der Waals surface area contributed by atoms with Gasteiger partial charge in [-0.3, -0.25) is 0 Å². The van der Waals surface area contributed by atoms with E-state index in [1.807, 2.05) is 0 Å². The molecule has 2 saturated carbocycles. The van der Waals surface area contributed by atoms with Gasteiger partial charge in [0.2, 0.25) is 0 Å². The summed E-state index contributed by atoms with van der Waals surface area (Å²) in [6.07, 6.45) is 11.6. The van der Waals surface area contributed by atoms with Crippen LogP contribution in [0.1, 0.15) is 65.2 Å². The molecule has 0 saturated heterocycles. The molecule has 1 heteroatoms. The molecule has 2 aliphatic rings. The smallest absolute Gasteiger partial charge is 0.00697 e. The second-order valence-electron chi connectivity index (χ2n) is 6.00. The predicted octanol–water partition coefficient (Wildman–Crippen LogP) is 3.73. The van der Waals surface area contributed by atoms with E-state index in [0.29, 0.717) is 0 Å². The van der Waals surface area contributed by atoms with E-state index in [-0.39, 0.29) is 0 Å². The lowest BCUT2D eigenvalue weighted by Gasteiger charge is -2.31. The van der Waals surface area contributed by atoms with Gasteiger partial charge in [0.15, 0.2) is 0 Å². The highest BCUT2D eigenvalue weighted by atomic mass is 15.0. The molecule has 0 heterocycles. The Bertz CT molecular complexity index is 184. The highest BCUT2D eigenvalue weighted by Gasteiger charge is 2.24. The lowest BCUT2D eigenvalue weighted by atomic mass is 9.88. The molecule has 0 amide bonds. The van der Waals surface area contributed by atoms with Crippen molar-refractivity contribution in [1.82, 2.24) is 5.32 Å². The van der Waals surface area contributed by atoms with Crippen LogP contribution in [0, 0.1) is 11.8 Å². The second-order valence-corrected chi connectivity index (χ2v) is 6.00. The van der Waals surface area contributed by atoms with Crippen LogP contribution in [-0.4, -0.2) is 12.1 Å². The van der Waals surface area contributed by atoms with Crippen molar-refractivity contribution in [3.63, 3.8) is 0 Å². The van der Waals surface area contributed by atoms with Gasteiger partial charge in [-0.2, -0.15) is 0 Å². The van der Waals surface area contributed by atoms with Gasteiger partial charge >= 0.3 is 0 Å². The summed E-state index contributed by atoms with van der Waals surface area (Å²) in [7, 11) is 0. The summed E-state index contributed by atoms with van der Waals surface area (Å²) >= 11 is 0. The topological polar surface area (TPSA) is 12.0 Å². The molecule has 2 rings (SSSR count). The standard InChI is InChI=1S/C14H27N/c1-11(2)12-5-3-6-14(10-9-12)15-13-7-4-8-13/h11-15H,3-10H2,1-2H3. The molecule has 0 aliphatic heterocycles. The zero-order chi connectivity index (χ0) is 10.7. The Balaban J connectivity index is 1.73. The summed E-state index contributed by atoms with van der Waals surface area (Å²) in [6.45, 7) is 4.79. The molecule has 2 unspecified atom stereocenters. The number of rotatable bonds is 3. The maximum Gasteiger partial charge on any atom is 0.00697 e. The van der Waals surface area contributed by atoms with Crippen LogP contribution in [0.2, 0.25) is 0 Å². The van der Waals surface area contributed by atoms with E-state index in [2.05, 4.69) is 19.2 Å². The first-order chi connectivity index (χ1) is 7.25. The normalized spacial score (nSPS) is 33.8. The third-order valence-corrected chi connectivity index (χ3v) is 4.53. The average molecular weight is 209 g/mol. The molecule has 15 heavy (non-hydrogen) atoms. The molecule has 2 fully saturated rings. The minimum absolute atomic E-state index is 0.846. The van der Waals surface area contributed by atoms with Crippen LogP contribution in [-0.2, 0) is 0 Å². The van der Waals surface area contributed by atoms with Gasteiger partial charge in [0, 0.05) is 12.1 Å². The van der Waals surface area contributed by atoms with Crippen molar-refractivity contribution < 1.29 is 0 Å². The monoisotopic (exact) mass is 209 g/mol. The van der Waals surface area contributed by atoms with Crippen molar-refractivity contribution in [3.05, 3.63) is 0 Å². The second kappa shape index (κ2) is 5.34. The molecule has 0 spiro atoms. The molecular formula is C14H27N. The highest BCUT2D eigenvalue weighted by Crippen LogP contribution is 2.30. The fraction of sp³-hybridized carbons (Fsp3) is 1.00. The van der Waals surface area contributed by atoms with Gasteiger partial charge in [-0.05, 0) is 43.9 Å². The third kappa shape index (κ3) is 3.21. The predicted molar refractivity (Wildman–Crippen MR) is 66.0 cm³/mol. The fourth-order valence-electron chi connectivity index (χ4n) is 3.07. The van der Waals surface area contributed by atoms with Crippen LogP contribution >= 0.6 is 0 Å². The van der Waals surface area contributed by atoms with Crippen molar-refractivity contribution in [2.75, 3.05) is 0 Å². The van der Waals surface area contributed by atoms with Crippen LogP contribution in [0.4, 0.5) is 0 Å². The minimum Gasteiger partial charge on any atom is -0.311 e. The van der Waals surface area contributed by atoms with E-state index in [1.54, 1.807) is 0 Å². The van der Waals surface area contributed by atoms with Crippen molar-refractivity contribution in [1.29, 1.82) is 0 Å². The van der Waals surface area contributed by atoms with Crippen LogP contribution in [0.15, 0.2) is 0 Å². The molecule has 1 N–H and O–H groups in total. The van der Waals surface area contributed by atoms with Gasteiger partial charge in [0.05, 0.1) is 0 Å². The summed E-state index contributed by atoms with van der Waals surface area (Å²) in [5.74, 6) is 1.89. The van der Waals surface area contributed by atoms with E-state index in [1.165, 1.54) is 51.4 Å². The van der Waals surface area contributed by atoms with E-state index >= 15 is 0 Å². The molecule has 2 aliphatic carbocycles. The Morgan fingerprint density at radius 1 is 0.800 bits per heavy atom. The van der Waals surface area contributed by atoms with Crippen LogP contribution in [0.5, 0.6) is 0 Å². The third-order valence-electron chi connectivity index (χ3n) is 4.53. The average Bonchev–Trinajstić information content (AvgIpc) is 2.36. The minimum atomic E-state index is 0.846. The Hall–Kier alpha value is -0.0400. The van der Waals surface area contributed by atoms with Gasteiger partial charge in [-0.25, -0.2) is 0 Å². The summed E-state index contributed by atoms with van der Waals surface area (Å²) < 4.78 is 0. The van der Waals surface area contributed by atoms with Gasteiger partial charge in [0.1, 0.15) is 0 Å². The van der Waals surface area contributed by atoms with Gasteiger partial charge < -0.3 is 5.32 Å². The summed E-state index contributed by atoms with van der Waals surface area (Å²) in [5, 5.41) is 3.85. The van der Waals surface area contributed by atoms with Crippen molar-refractivity contribution in [3.8, 4) is 0 Å². The largest absolute Gasteiger partial charge is 0.311 e. The van der Waals surface area contributed by atoms with E-state index in [9.17, 15) is 0 Å². The SMILES string of the molecule is CC(C)C1CCCC(NC2CCC2)CC1. The number of hydrogen-bond donors (Lipinski definition) is 1. The molecule has 0 bridgehead atoms. The first-order valence-electron chi connectivity index (χ1n) is 7.01. The first kappa shape index (κ1) is 11.4. The van der Waals surface area contributed by atoms with Crippen LogP contribution in [0.25, 0.3) is 0 Å². The Morgan fingerprint density at radius 2 is 1.40 bits per heavy atom. The zero-order valence-corrected chi connectivity index (χ0v) is 10.5. The summed E-state index contributed by atoms with van der Waals surface area (Å²) in [6, 6.07) is 1.73. The quantitative estimate of drug-likeness (QED) is 0.698. The summed E-state index contributed by atoms with van der Waals surface area (Å²) in [4.78, 5) is 0. The molecule has 0 aromatic carbocycles. The van der Waals surface area contributed by atoms with Crippen LogP contribution in [0.3, 0.4) is 0 Å². The fourth-order valence-corrected chi connectivity index (χ4v) is 3.07. The zero-order valence-electron chi connectivity index (χ0n) is 10.5. The van der Waals surface area contributed by atoms with E-state index in [4.69, 9.17) is 0 Å². The Morgan fingerprint density at radius 3 is 2.00 bits per heavy atom. The Kier molecular flexibility index (Phi) is 4.07. The lowest BCUT2D eigenvalue weighted by molar-refractivity contribution is 0.284. The van der Waals surface area contributed by atoms with Crippen molar-refractivity contribution in [2.45, 2.75) is 77.3 Å². The van der Waals surface area contributed by atoms with Gasteiger partial charge in [0.25, 0.3) is 0 Å². The molecule has 1 nitrogen and oxygen atoms in total. The Labute approximate surface area is 95.0 Å². The number of nitrogens with one attached hydrogen (secondary N) is 1. The van der Waals surface area contributed by atoms with Gasteiger partial charge in [-0.15, -0.1) is 0 Å². The van der Waals surface area contributed by atoms with E-state index < -0.39 is 0 Å². The van der Waals surface area contributed by atoms with E-state index in [0.717, 1.165) is 23.9 Å². The molecule has 0 aromatic heterocycles. The van der Waals surface area contributed by atoms with Crippen molar-refractivity contribution >= 4 is 0 Å². The lowest BCUT2D eigenvalue weighted by Crippen LogP contribution is -2.42. The molecule has 0 aromatic rings. The maximum atomic E-state index is 3.85. The molecular weight excluding hydrogens is 182 g/mol. The summed E-state index contributed by atoms with van der Waals surface area (Å²) in [5.41, 5.74) is 0. The maximum absolute atomic E-state index is 3.85. The molecule has 2 atom stereocenters. The molecule has 88 valence electrons. The van der Waals surface area contributed by atoms with Crippen LogP contribution < -0.4 is 5.32 Å². The highest BCUT2D eigenvalue weighted by molar-refractivity contribution is 4.83. The first-order valence-corrected chi connectivity index (χ1v) is 7.01. The number of hydrogen-bond acceptors (Lipinski definition) is 1. The molecule has 0 radical (unpaired) electrons. The van der Waals surface area contributed by atoms with Gasteiger partial charge in [-0.1, -0.05) is 33.1 Å². The van der Waals surface area contributed by atoms with Crippen molar-refractivity contribution in [2.24, 2.45) is 11.8 Å².